The number of aromatic nitrogens is 1. The third-order valence-electron chi connectivity index (χ3n) is 4.21. The zero-order valence-electron chi connectivity index (χ0n) is 16.3. The lowest BCUT2D eigenvalue weighted by molar-refractivity contribution is 0.0986. The Labute approximate surface area is 173 Å². The van der Waals surface area contributed by atoms with E-state index in [9.17, 15) is 9.18 Å². The molecule has 28 heavy (non-hydrogen) atoms. The maximum absolute atomic E-state index is 14.1. The van der Waals surface area contributed by atoms with Crippen molar-refractivity contribution in [3.8, 4) is 0 Å². The molecule has 1 heterocycles. The maximum Gasteiger partial charge on any atom is 0.260 e. The van der Waals surface area contributed by atoms with Crippen molar-refractivity contribution in [3.63, 3.8) is 0 Å². The van der Waals surface area contributed by atoms with Crippen LogP contribution in [0.25, 0.3) is 10.2 Å². The van der Waals surface area contributed by atoms with Crippen LogP contribution in [0.4, 0.5) is 9.52 Å². The fourth-order valence-corrected chi connectivity index (χ4v) is 4.61. The van der Waals surface area contributed by atoms with Gasteiger partial charge in [-0.2, -0.15) is 0 Å². The molecule has 1 amide bonds. The molecular formula is C21H24FN3OS2. The van der Waals surface area contributed by atoms with Crippen molar-refractivity contribution in [2.24, 2.45) is 0 Å². The summed E-state index contributed by atoms with van der Waals surface area (Å²) in [5.41, 5.74) is 0.950. The second-order valence-electron chi connectivity index (χ2n) is 6.66. The number of hydrogen-bond donors (Lipinski definition) is 0. The SMILES string of the molecule is CCSc1cccc(C(=O)N(CCCN(C)C)c2nc3c(F)cccc3s2)c1. The van der Waals surface area contributed by atoms with E-state index in [-0.39, 0.29) is 11.7 Å². The van der Waals surface area contributed by atoms with E-state index in [0.717, 1.165) is 28.3 Å². The highest BCUT2D eigenvalue weighted by molar-refractivity contribution is 7.99. The molecule has 0 atom stereocenters. The first kappa shape index (κ1) is 20.8. The van der Waals surface area contributed by atoms with E-state index in [1.165, 1.54) is 17.4 Å². The minimum absolute atomic E-state index is 0.100. The van der Waals surface area contributed by atoms with Gasteiger partial charge in [0.2, 0.25) is 0 Å². The predicted octanol–water partition coefficient (Wildman–Crippen LogP) is 5.15. The summed E-state index contributed by atoms with van der Waals surface area (Å²) in [6.07, 6.45) is 0.806. The highest BCUT2D eigenvalue weighted by atomic mass is 32.2. The molecule has 0 unspecified atom stereocenters. The lowest BCUT2D eigenvalue weighted by atomic mass is 10.2. The largest absolute Gasteiger partial charge is 0.309 e. The molecule has 0 bridgehead atoms. The summed E-state index contributed by atoms with van der Waals surface area (Å²) in [5.74, 6) is 0.486. The summed E-state index contributed by atoms with van der Waals surface area (Å²) in [5, 5.41) is 0.539. The van der Waals surface area contributed by atoms with Crippen LogP contribution in [0.3, 0.4) is 0 Å². The third kappa shape index (κ3) is 4.90. The number of carbonyl (C=O) groups is 1. The zero-order chi connectivity index (χ0) is 20.1. The molecule has 0 fully saturated rings. The Kier molecular flexibility index (Phi) is 7.04. The number of thioether (sulfide) groups is 1. The van der Waals surface area contributed by atoms with Gasteiger partial charge in [-0.25, -0.2) is 9.37 Å². The number of benzene rings is 2. The van der Waals surface area contributed by atoms with Gasteiger partial charge >= 0.3 is 0 Å². The van der Waals surface area contributed by atoms with Crippen LogP contribution < -0.4 is 4.90 Å². The lowest BCUT2D eigenvalue weighted by Crippen LogP contribution is -2.33. The van der Waals surface area contributed by atoms with E-state index in [1.54, 1.807) is 22.7 Å². The first-order valence-corrected chi connectivity index (χ1v) is 11.0. The highest BCUT2D eigenvalue weighted by Crippen LogP contribution is 2.31. The van der Waals surface area contributed by atoms with Gasteiger partial charge < -0.3 is 4.90 Å². The number of thiazole rings is 1. The molecule has 0 aliphatic carbocycles. The van der Waals surface area contributed by atoms with Crippen LogP contribution in [-0.2, 0) is 0 Å². The number of halogens is 1. The Bertz CT molecular complexity index is 958. The summed E-state index contributed by atoms with van der Waals surface area (Å²) >= 11 is 3.05. The zero-order valence-corrected chi connectivity index (χ0v) is 17.9. The molecule has 0 aliphatic rings. The van der Waals surface area contributed by atoms with E-state index >= 15 is 0 Å². The van der Waals surface area contributed by atoms with Crippen molar-refractivity contribution in [1.29, 1.82) is 0 Å². The molecule has 0 aliphatic heterocycles. The molecule has 0 N–H and O–H groups in total. The number of carbonyl (C=O) groups excluding carboxylic acids is 1. The van der Waals surface area contributed by atoms with Crippen LogP contribution in [0.1, 0.15) is 23.7 Å². The number of anilines is 1. The molecule has 0 radical (unpaired) electrons. The molecule has 0 saturated heterocycles. The van der Waals surface area contributed by atoms with E-state index < -0.39 is 0 Å². The summed E-state index contributed by atoms with van der Waals surface area (Å²) in [6.45, 7) is 3.47. The van der Waals surface area contributed by atoms with Crippen LogP contribution in [0.15, 0.2) is 47.4 Å². The van der Waals surface area contributed by atoms with Crippen molar-refractivity contribution in [1.82, 2.24) is 9.88 Å². The van der Waals surface area contributed by atoms with E-state index in [2.05, 4.69) is 16.8 Å². The van der Waals surface area contributed by atoms with Gasteiger partial charge in [-0.1, -0.05) is 30.4 Å². The summed E-state index contributed by atoms with van der Waals surface area (Å²) in [7, 11) is 4.01. The first-order valence-electron chi connectivity index (χ1n) is 9.24. The molecular weight excluding hydrogens is 393 g/mol. The van der Waals surface area contributed by atoms with Gasteiger partial charge in [0.15, 0.2) is 5.13 Å². The van der Waals surface area contributed by atoms with E-state index in [0.29, 0.717) is 22.8 Å². The number of hydrogen-bond acceptors (Lipinski definition) is 5. The van der Waals surface area contributed by atoms with Gasteiger partial charge in [-0.15, -0.1) is 11.8 Å². The Morgan fingerprint density at radius 3 is 2.68 bits per heavy atom. The second-order valence-corrected chi connectivity index (χ2v) is 9.00. The fourth-order valence-electron chi connectivity index (χ4n) is 2.89. The van der Waals surface area contributed by atoms with Gasteiger partial charge in [0.1, 0.15) is 11.3 Å². The normalized spacial score (nSPS) is 11.3. The number of para-hydroxylation sites is 1. The average Bonchev–Trinajstić information content (AvgIpc) is 3.10. The van der Waals surface area contributed by atoms with Gasteiger partial charge in [0.05, 0.1) is 4.70 Å². The number of nitrogens with zero attached hydrogens (tertiary/aromatic N) is 3. The number of rotatable bonds is 8. The molecule has 7 heteroatoms. The van der Waals surface area contributed by atoms with Crippen LogP contribution in [-0.4, -0.2) is 48.7 Å². The van der Waals surface area contributed by atoms with Crippen molar-refractivity contribution in [3.05, 3.63) is 53.8 Å². The third-order valence-corrected chi connectivity index (χ3v) is 6.13. The van der Waals surface area contributed by atoms with Crippen LogP contribution in [0.5, 0.6) is 0 Å². The van der Waals surface area contributed by atoms with Crippen molar-refractivity contribution in [2.45, 2.75) is 18.2 Å². The molecule has 1 aromatic heterocycles. The average molecular weight is 418 g/mol. The van der Waals surface area contributed by atoms with Crippen molar-refractivity contribution < 1.29 is 9.18 Å². The van der Waals surface area contributed by atoms with Crippen LogP contribution >= 0.6 is 23.1 Å². The quantitative estimate of drug-likeness (QED) is 0.475. The van der Waals surface area contributed by atoms with E-state index in [4.69, 9.17) is 0 Å². The summed E-state index contributed by atoms with van der Waals surface area (Å²) < 4.78 is 14.9. The first-order chi connectivity index (χ1) is 13.5. The lowest BCUT2D eigenvalue weighted by Gasteiger charge is -2.21. The maximum atomic E-state index is 14.1. The molecule has 4 nitrogen and oxygen atoms in total. The van der Waals surface area contributed by atoms with Gasteiger partial charge in [0.25, 0.3) is 5.91 Å². The highest BCUT2D eigenvalue weighted by Gasteiger charge is 2.22. The summed E-state index contributed by atoms with van der Waals surface area (Å²) in [6, 6.07) is 12.6. The van der Waals surface area contributed by atoms with Crippen LogP contribution in [0, 0.1) is 5.82 Å². The molecule has 148 valence electrons. The Morgan fingerprint density at radius 2 is 1.96 bits per heavy atom. The summed E-state index contributed by atoms with van der Waals surface area (Å²) in [4.78, 5) is 22.6. The smallest absolute Gasteiger partial charge is 0.260 e. The molecule has 0 saturated carbocycles. The standard InChI is InChI=1S/C21H24FN3OS2/c1-4-27-16-9-5-8-15(14-16)20(26)25(13-7-12-24(2)3)21-23-19-17(22)10-6-11-18(19)28-21/h5-6,8-11,14H,4,7,12-13H2,1-3H3. The van der Waals surface area contributed by atoms with Gasteiger partial charge in [-0.3, -0.25) is 9.69 Å². The molecule has 3 aromatic rings. The molecule has 3 rings (SSSR count). The Morgan fingerprint density at radius 1 is 1.18 bits per heavy atom. The van der Waals surface area contributed by atoms with Crippen LogP contribution in [0.2, 0.25) is 0 Å². The van der Waals surface area contributed by atoms with Crippen molar-refractivity contribution >= 4 is 44.4 Å². The van der Waals surface area contributed by atoms with E-state index in [1.807, 2.05) is 44.4 Å². The molecule has 0 spiro atoms. The predicted molar refractivity (Wildman–Crippen MR) is 117 cm³/mol. The number of amides is 1. The second kappa shape index (κ2) is 9.49. The van der Waals surface area contributed by atoms with Crippen molar-refractivity contribution in [2.75, 3.05) is 37.8 Å². The fraction of sp³-hybridized carbons (Fsp3) is 0.333. The Hall–Kier alpha value is -1.96. The van der Waals surface area contributed by atoms with Gasteiger partial charge in [-0.05, 0) is 63.1 Å². The van der Waals surface area contributed by atoms with Gasteiger partial charge in [0, 0.05) is 17.0 Å². The topological polar surface area (TPSA) is 36.4 Å². The Balaban J connectivity index is 1.94. The number of fused-ring (bicyclic) bond motifs is 1. The minimum Gasteiger partial charge on any atom is -0.309 e. The monoisotopic (exact) mass is 417 g/mol. The minimum atomic E-state index is -0.359. The molecule has 2 aromatic carbocycles.